The second-order valence-corrected chi connectivity index (χ2v) is 6.11. The smallest absolute Gasteiger partial charge is 0.240 e. The maximum atomic E-state index is 5.97. The highest BCUT2D eigenvalue weighted by Gasteiger charge is 2.36. The summed E-state index contributed by atoms with van der Waals surface area (Å²) in [5.41, 5.74) is 5.42. The van der Waals surface area contributed by atoms with E-state index in [0.29, 0.717) is 30.4 Å². The van der Waals surface area contributed by atoms with E-state index < -0.39 is 5.54 Å². The van der Waals surface area contributed by atoms with Crippen LogP contribution in [-0.2, 0) is 16.8 Å². The zero-order valence-corrected chi connectivity index (χ0v) is 12.9. The van der Waals surface area contributed by atoms with Crippen LogP contribution in [0.15, 0.2) is 4.52 Å². The van der Waals surface area contributed by atoms with Crippen molar-refractivity contribution in [2.24, 2.45) is 5.73 Å². The van der Waals surface area contributed by atoms with Crippen molar-refractivity contribution >= 4 is 12.4 Å². The van der Waals surface area contributed by atoms with Gasteiger partial charge in [0, 0.05) is 12.6 Å². The van der Waals surface area contributed by atoms with Crippen LogP contribution in [0.3, 0.4) is 0 Å². The van der Waals surface area contributed by atoms with Crippen molar-refractivity contribution in [1.82, 2.24) is 15.0 Å². The third kappa shape index (κ3) is 3.14. The highest BCUT2D eigenvalue weighted by atomic mass is 35.5. The van der Waals surface area contributed by atoms with Gasteiger partial charge in [-0.3, -0.25) is 4.90 Å². The van der Waals surface area contributed by atoms with Crippen LogP contribution in [0.25, 0.3) is 0 Å². The van der Waals surface area contributed by atoms with Gasteiger partial charge in [-0.25, -0.2) is 0 Å². The van der Waals surface area contributed by atoms with Crippen LogP contribution in [0.1, 0.15) is 44.8 Å². The van der Waals surface area contributed by atoms with Crippen LogP contribution in [-0.4, -0.2) is 40.3 Å². The maximum absolute atomic E-state index is 5.97. The normalized spacial score (nSPS) is 27.1. The van der Waals surface area contributed by atoms with Crippen LogP contribution in [0.4, 0.5) is 0 Å². The molecule has 0 bridgehead atoms. The van der Waals surface area contributed by atoms with Crippen LogP contribution < -0.4 is 5.73 Å². The van der Waals surface area contributed by atoms with E-state index in [1.165, 1.54) is 19.3 Å². The fourth-order valence-corrected chi connectivity index (χ4v) is 2.96. The number of nitrogens with zero attached hydrogens (tertiary/aromatic N) is 3. The number of hydrogen-bond acceptors (Lipinski definition) is 6. The number of hydrogen-bond donors (Lipinski definition) is 1. The number of ether oxygens (including phenoxy) is 1. The zero-order chi connectivity index (χ0) is 13.5. The first-order valence-corrected chi connectivity index (χ1v) is 7.01. The minimum absolute atomic E-state index is 0. The molecule has 1 aliphatic heterocycles. The number of halogens is 1. The first kappa shape index (κ1) is 15.7. The molecular formula is C13H23ClN4O2. The number of fused-ring (bicyclic) bond motifs is 1. The Kier molecular flexibility index (Phi) is 4.69. The predicted octanol–water partition coefficient (Wildman–Crippen LogP) is 1.44. The molecule has 2 atom stereocenters. The van der Waals surface area contributed by atoms with E-state index in [9.17, 15) is 0 Å². The van der Waals surface area contributed by atoms with Crippen LogP contribution in [0.5, 0.6) is 0 Å². The SMILES string of the molecule is CC(C)(N)c1noc(CN2CCOC3CCCC32)n1.Cl. The van der Waals surface area contributed by atoms with Gasteiger partial charge in [0.15, 0.2) is 5.82 Å². The largest absolute Gasteiger partial charge is 0.375 e. The maximum Gasteiger partial charge on any atom is 0.240 e. The van der Waals surface area contributed by atoms with Crippen molar-refractivity contribution in [2.75, 3.05) is 13.2 Å². The van der Waals surface area contributed by atoms with Gasteiger partial charge in [0.05, 0.1) is 24.8 Å². The summed E-state index contributed by atoms with van der Waals surface area (Å²) in [7, 11) is 0. The number of aromatic nitrogens is 2. The third-order valence-corrected chi connectivity index (χ3v) is 3.98. The lowest BCUT2D eigenvalue weighted by atomic mass is 10.1. The Morgan fingerprint density at radius 2 is 2.20 bits per heavy atom. The average Bonchev–Trinajstić information content (AvgIpc) is 2.96. The Balaban J connectivity index is 0.00000147. The molecule has 0 amide bonds. The summed E-state index contributed by atoms with van der Waals surface area (Å²) in [4.78, 5) is 6.81. The molecule has 0 spiro atoms. The van der Waals surface area contributed by atoms with Gasteiger partial charge in [-0.1, -0.05) is 5.16 Å². The second kappa shape index (κ2) is 5.97. The molecule has 2 N–H and O–H groups in total. The van der Waals surface area contributed by atoms with E-state index in [4.69, 9.17) is 15.0 Å². The monoisotopic (exact) mass is 302 g/mol. The van der Waals surface area contributed by atoms with Crippen molar-refractivity contribution in [2.45, 2.75) is 57.3 Å². The van der Waals surface area contributed by atoms with Crippen molar-refractivity contribution < 1.29 is 9.26 Å². The van der Waals surface area contributed by atoms with E-state index in [2.05, 4.69) is 15.0 Å². The summed E-state index contributed by atoms with van der Waals surface area (Å²) in [6.45, 7) is 6.19. The number of morpholine rings is 1. The zero-order valence-electron chi connectivity index (χ0n) is 12.0. The van der Waals surface area contributed by atoms with Gasteiger partial charge in [-0.2, -0.15) is 4.98 Å². The first-order valence-electron chi connectivity index (χ1n) is 7.01. The molecule has 6 nitrogen and oxygen atoms in total. The second-order valence-electron chi connectivity index (χ2n) is 6.11. The molecule has 7 heteroatoms. The Labute approximate surface area is 125 Å². The molecule has 3 rings (SSSR count). The lowest BCUT2D eigenvalue weighted by Gasteiger charge is -2.36. The molecule has 1 aliphatic carbocycles. The molecule has 1 aromatic rings. The lowest BCUT2D eigenvalue weighted by Crippen LogP contribution is -2.47. The number of nitrogens with two attached hydrogens (primary N) is 1. The van der Waals surface area contributed by atoms with E-state index in [1.807, 2.05) is 13.8 Å². The fraction of sp³-hybridized carbons (Fsp3) is 0.846. The molecule has 1 saturated heterocycles. The quantitative estimate of drug-likeness (QED) is 0.910. The highest BCUT2D eigenvalue weighted by Crippen LogP contribution is 2.30. The van der Waals surface area contributed by atoms with E-state index >= 15 is 0 Å². The van der Waals surface area contributed by atoms with Gasteiger partial charge in [0.1, 0.15) is 0 Å². The summed E-state index contributed by atoms with van der Waals surface area (Å²) in [6.07, 6.45) is 4.01. The van der Waals surface area contributed by atoms with Crippen LogP contribution >= 0.6 is 12.4 Å². The van der Waals surface area contributed by atoms with Gasteiger partial charge in [-0.15, -0.1) is 12.4 Å². The summed E-state index contributed by atoms with van der Waals surface area (Å²) >= 11 is 0. The summed E-state index contributed by atoms with van der Waals surface area (Å²) in [5, 5.41) is 3.97. The van der Waals surface area contributed by atoms with E-state index in [1.54, 1.807) is 0 Å². The standard InChI is InChI=1S/C13H22N4O2.ClH/c1-13(2,14)12-15-11(19-16-12)8-17-6-7-18-10-5-3-4-9(10)17;/h9-10H,3-8,14H2,1-2H3;1H. The molecule has 20 heavy (non-hydrogen) atoms. The Bertz CT molecular complexity index is 446. The van der Waals surface area contributed by atoms with Crippen molar-refractivity contribution in [3.63, 3.8) is 0 Å². The molecule has 2 heterocycles. The highest BCUT2D eigenvalue weighted by molar-refractivity contribution is 5.85. The predicted molar refractivity (Wildman–Crippen MR) is 76.5 cm³/mol. The molecule has 2 unspecified atom stereocenters. The molecule has 114 valence electrons. The summed E-state index contributed by atoms with van der Waals surface area (Å²) in [5.74, 6) is 1.22. The van der Waals surface area contributed by atoms with Crippen molar-refractivity contribution in [3.8, 4) is 0 Å². The summed E-state index contributed by atoms with van der Waals surface area (Å²) in [6, 6.07) is 0.509. The van der Waals surface area contributed by atoms with E-state index in [-0.39, 0.29) is 12.4 Å². The minimum atomic E-state index is -0.553. The van der Waals surface area contributed by atoms with Gasteiger partial charge in [0.2, 0.25) is 5.89 Å². The molecule has 0 radical (unpaired) electrons. The fourth-order valence-electron chi connectivity index (χ4n) is 2.96. The molecule has 1 saturated carbocycles. The Hall–Kier alpha value is -0.690. The average molecular weight is 303 g/mol. The van der Waals surface area contributed by atoms with E-state index in [0.717, 1.165) is 13.2 Å². The first-order chi connectivity index (χ1) is 9.04. The molecule has 2 aliphatic rings. The number of rotatable bonds is 3. The molecule has 0 aromatic carbocycles. The van der Waals surface area contributed by atoms with Gasteiger partial charge in [0.25, 0.3) is 0 Å². The summed E-state index contributed by atoms with van der Waals surface area (Å²) < 4.78 is 11.1. The topological polar surface area (TPSA) is 77.4 Å². The lowest BCUT2D eigenvalue weighted by molar-refractivity contribution is -0.0615. The van der Waals surface area contributed by atoms with Crippen molar-refractivity contribution in [1.29, 1.82) is 0 Å². The third-order valence-electron chi connectivity index (χ3n) is 3.98. The van der Waals surface area contributed by atoms with Gasteiger partial charge in [-0.05, 0) is 33.1 Å². The molecule has 2 fully saturated rings. The van der Waals surface area contributed by atoms with Crippen LogP contribution in [0.2, 0.25) is 0 Å². The van der Waals surface area contributed by atoms with Crippen molar-refractivity contribution in [3.05, 3.63) is 11.7 Å². The van der Waals surface area contributed by atoms with Gasteiger partial charge >= 0.3 is 0 Å². The minimum Gasteiger partial charge on any atom is -0.375 e. The van der Waals surface area contributed by atoms with Crippen LogP contribution in [0, 0.1) is 0 Å². The Morgan fingerprint density at radius 3 is 2.90 bits per heavy atom. The Morgan fingerprint density at radius 1 is 1.40 bits per heavy atom. The molecule has 1 aromatic heterocycles. The van der Waals surface area contributed by atoms with Gasteiger partial charge < -0.3 is 15.0 Å². The molecular weight excluding hydrogens is 280 g/mol.